The third-order valence-corrected chi connectivity index (χ3v) is 7.68. The van der Waals surface area contributed by atoms with Gasteiger partial charge in [0, 0.05) is 28.9 Å². The van der Waals surface area contributed by atoms with Crippen molar-refractivity contribution < 1.29 is 14.3 Å². The van der Waals surface area contributed by atoms with Crippen molar-refractivity contribution in [2.75, 3.05) is 18.2 Å². The molecule has 1 N–H and O–H groups in total. The number of urea groups is 1. The lowest BCUT2D eigenvalue weighted by molar-refractivity contribution is -0.137. The number of amides is 2. The van der Waals surface area contributed by atoms with Crippen molar-refractivity contribution in [2.24, 2.45) is 0 Å². The summed E-state index contributed by atoms with van der Waals surface area (Å²) in [6.07, 6.45) is 13.7. The molecule has 0 aromatic carbocycles. The van der Waals surface area contributed by atoms with E-state index in [0.717, 1.165) is 30.6 Å². The first-order valence-electron chi connectivity index (χ1n) is 10.4. The Kier molecular flexibility index (Phi) is 8.45. The van der Waals surface area contributed by atoms with Gasteiger partial charge in [0.2, 0.25) is 0 Å². The Morgan fingerprint density at radius 1 is 1.14 bits per heavy atom. The third-order valence-electron chi connectivity index (χ3n) is 5.63. The van der Waals surface area contributed by atoms with Gasteiger partial charge in [-0.25, -0.2) is 9.78 Å². The van der Waals surface area contributed by atoms with Gasteiger partial charge in [-0.2, -0.15) is 0 Å². The molecule has 0 unspecified atom stereocenters. The highest BCUT2D eigenvalue weighted by Gasteiger charge is 2.32. The molecule has 156 valence electrons. The van der Waals surface area contributed by atoms with Crippen molar-refractivity contribution in [3.8, 4) is 0 Å². The Hall–Kier alpha value is -1.28. The van der Waals surface area contributed by atoms with Crippen LogP contribution in [0.2, 0.25) is 0 Å². The normalized spacial score (nSPS) is 18.6. The highest BCUT2D eigenvalue weighted by molar-refractivity contribution is 7.99. The first kappa shape index (κ1) is 21.4. The van der Waals surface area contributed by atoms with Gasteiger partial charge in [0.15, 0.2) is 5.13 Å². The lowest BCUT2D eigenvalue weighted by Crippen LogP contribution is -2.50. The van der Waals surface area contributed by atoms with Crippen LogP contribution in [-0.4, -0.2) is 46.8 Å². The number of carbonyl (C=O) groups is 2. The molecule has 1 aromatic heterocycles. The van der Waals surface area contributed by atoms with E-state index in [0.29, 0.717) is 28.7 Å². The number of thioether (sulfide) groups is 1. The zero-order chi connectivity index (χ0) is 19.8. The molecule has 0 aliphatic heterocycles. The second kappa shape index (κ2) is 11.0. The lowest BCUT2D eigenvalue weighted by atomic mass is 9.89. The van der Waals surface area contributed by atoms with Gasteiger partial charge in [-0.3, -0.25) is 10.1 Å². The predicted octanol–water partition coefficient (Wildman–Crippen LogP) is 5.05. The van der Waals surface area contributed by atoms with E-state index >= 15 is 0 Å². The van der Waals surface area contributed by atoms with Crippen molar-refractivity contribution in [1.29, 1.82) is 0 Å². The zero-order valence-electron chi connectivity index (χ0n) is 16.7. The Morgan fingerprint density at radius 3 is 2.32 bits per heavy atom. The SMILES string of the molecule is COC(=O)CSCc1cnc(NC(=O)N(C2CCCCC2)C2CCCCC2)s1. The van der Waals surface area contributed by atoms with E-state index < -0.39 is 0 Å². The maximum Gasteiger partial charge on any atom is 0.324 e. The van der Waals surface area contributed by atoms with E-state index in [2.05, 4.69) is 19.9 Å². The Bertz CT molecular complexity index is 622. The van der Waals surface area contributed by atoms with E-state index in [-0.39, 0.29) is 12.0 Å². The molecular weight excluding hydrogens is 394 g/mol. The quantitative estimate of drug-likeness (QED) is 0.619. The predicted molar refractivity (Wildman–Crippen MR) is 115 cm³/mol. The van der Waals surface area contributed by atoms with E-state index in [1.54, 1.807) is 6.20 Å². The van der Waals surface area contributed by atoms with Gasteiger partial charge in [0.1, 0.15) is 0 Å². The summed E-state index contributed by atoms with van der Waals surface area (Å²) in [5.41, 5.74) is 0. The van der Waals surface area contributed by atoms with Gasteiger partial charge in [-0.05, 0) is 25.7 Å². The maximum atomic E-state index is 13.2. The molecule has 2 saturated carbocycles. The molecule has 6 nitrogen and oxygen atoms in total. The molecule has 3 rings (SSSR count). The van der Waals surface area contributed by atoms with E-state index in [1.807, 2.05) is 0 Å². The molecule has 1 aromatic rings. The molecule has 0 radical (unpaired) electrons. The molecule has 0 spiro atoms. The summed E-state index contributed by atoms with van der Waals surface area (Å²) in [7, 11) is 1.40. The van der Waals surface area contributed by atoms with Gasteiger partial charge in [-0.15, -0.1) is 23.1 Å². The van der Waals surface area contributed by atoms with Gasteiger partial charge < -0.3 is 9.64 Å². The van der Waals surface area contributed by atoms with Crippen LogP contribution in [0.15, 0.2) is 6.20 Å². The summed E-state index contributed by atoms with van der Waals surface area (Å²) in [5.74, 6) is 0.795. The van der Waals surface area contributed by atoms with Crippen molar-refractivity contribution in [1.82, 2.24) is 9.88 Å². The second-order valence-corrected chi connectivity index (χ2v) is 9.72. The van der Waals surface area contributed by atoms with Gasteiger partial charge >= 0.3 is 12.0 Å². The number of aromatic nitrogens is 1. The number of hydrogen-bond acceptors (Lipinski definition) is 6. The van der Waals surface area contributed by atoms with E-state index in [1.165, 1.54) is 68.7 Å². The van der Waals surface area contributed by atoms with Gasteiger partial charge in [0.05, 0.1) is 12.9 Å². The van der Waals surface area contributed by atoms with Gasteiger partial charge in [0.25, 0.3) is 0 Å². The van der Waals surface area contributed by atoms with Crippen LogP contribution in [0.4, 0.5) is 9.93 Å². The minimum Gasteiger partial charge on any atom is -0.468 e. The first-order chi connectivity index (χ1) is 13.7. The third kappa shape index (κ3) is 6.11. The Balaban J connectivity index is 1.59. The number of nitrogens with zero attached hydrogens (tertiary/aromatic N) is 2. The zero-order valence-corrected chi connectivity index (χ0v) is 18.3. The number of ether oxygens (including phenoxy) is 1. The highest BCUT2D eigenvalue weighted by Crippen LogP contribution is 2.31. The minimum atomic E-state index is -0.223. The summed E-state index contributed by atoms with van der Waals surface area (Å²) >= 11 is 2.98. The fourth-order valence-corrected chi connectivity index (χ4v) is 5.98. The van der Waals surface area contributed by atoms with Crippen LogP contribution in [0, 0.1) is 0 Å². The van der Waals surface area contributed by atoms with E-state index in [9.17, 15) is 9.59 Å². The van der Waals surface area contributed by atoms with Crippen LogP contribution in [-0.2, 0) is 15.3 Å². The summed E-state index contributed by atoms with van der Waals surface area (Å²) in [5, 5.41) is 3.71. The molecule has 8 heteroatoms. The monoisotopic (exact) mass is 425 g/mol. The van der Waals surface area contributed by atoms with Crippen molar-refractivity contribution in [2.45, 2.75) is 82.0 Å². The highest BCUT2D eigenvalue weighted by atomic mass is 32.2. The number of hydrogen-bond donors (Lipinski definition) is 1. The first-order valence-corrected chi connectivity index (χ1v) is 12.3. The largest absolute Gasteiger partial charge is 0.468 e. The summed E-state index contributed by atoms with van der Waals surface area (Å²) in [4.78, 5) is 32.0. The number of anilines is 1. The van der Waals surface area contributed by atoms with Crippen LogP contribution < -0.4 is 5.32 Å². The standard InChI is InChI=1S/C20H31N3O3S2/c1-26-18(24)14-27-13-17-12-21-19(28-17)22-20(25)23(15-8-4-2-5-9-15)16-10-6-3-7-11-16/h12,15-16H,2-11,13-14H2,1H3,(H,21,22,25). The molecule has 28 heavy (non-hydrogen) atoms. The summed E-state index contributed by atoms with van der Waals surface area (Å²) in [6.45, 7) is 0. The number of nitrogens with one attached hydrogen (secondary N) is 1. The number of carbonyl (C=O) groups excluding carboxylic acids is 2. The summed E-state index contributed by atoms with van der Waals surface area (Å²) in [6, 6.07) is 0.751. The fraction of sp³-hybridized carbons (Fsp3) is 0.750. The summed E-state index contributed by atoms with van der Waals surface area (Å²) < 4.78 is 4.65. The van der Waals surface area contributed by atoms with E-state index in [4.69, 9.17) is 0 Å². The topological polar surface area (TPSA) is 71.5 Å². The lowest BCUT2D eigenvalue weighted by Gasteiger charge is -2.41. The van der Waals surface area contributed by atoms with Crippen molar-refractivity contribution in [3.63, 3.8) is 0 Å². The Labute approximate surface area is 175 Å². The number of esters is 1. The second-order valence-electron chi connectivity index (χ2n) is 7.62. The molecule has 0 bridgehead atoms. The minimum absolute atomic E-state index is 0.0157. The van der Waals surface area contributed by atoms with Crippen LogP contribution in [0.1, 0.15) is 69.1 Å². The molecule has 2 fully saturated rings. The molecule has 2 amide bonds. The fourth-order valence-electron chi connectivity index (χ4n) is 4.23. The Morgan fingerprint density at radius 2 is 1.75 bits per heavy atom. The average molecular weight is 426 g/mol. The van der Waals surface area contributed by atoms with Gasteiger partial charge in [-0.1, -0.05) is 38.5 Å². The maximum absolute atomic E-state index is 13.2. The number of thiazole rings is 1. The van der Waals surface area contributed by atoms with Crippen molar-refractivity contribution in [3.05, 3.63) is 11.1 Å². The smallest absolute Gasteiger partial charge is 0.324 e. The molecule has 0 atom stereocenters. The molecular formula is C20H31N3O3S2. The van der Waals surface area contributed by atoms with Crippen LogP contribution in [0.5, 0.6) is 0 Å². The number of methoxy groups -OCH3 is 1. The van der Waals surface area contributed by atoms with Crippen LogP contribution >= 0.6 is 23.1 Å². The van der Waals surface area contributed by atoms with Crippen LogP contribution in [0.25, 0.3) is 0 Å². The molecule has 2 aliphatic rings. The number of rotatable bonds is 7. The molecule has 0 saturated heterocycles. The van der Waals surface area contributed by atoms with Crippen LogP contribution in [0.3, 0.4) is 0 Å². The average Bonchev–Trinajstić information content (AvgIpc) is 3.16. The molecule has 2 aliphatic carbocycles. The van der Waals surface area contributed by atoms with Crippen molar-refractivity contribution >= 4 is 40.2 Å². The molecule has 1 heterocycles.